The Morgan fingerprint density at radius 1 is 1.27 bits per heavy atom. The Hall–Kier alpha value is -3.26. The largest absolute Gasteiger partial charge is 0.352 e. The molecule has 1 aliphatic rings. The van der Waals surface area contributed by atoms with E-state index >= 15 is 0 Å². The highest BCUT2D eigenvalue weighted by molar-refractivity contribution is 6.31. The first kappa shape index (κ1) is 21.4. The van der Waals surface area contributed by atoms with Crippen LogP contribution in [0.4, 0.5) is 0 Å². The van der Waals surface area contributed by atoms with E-state index in [1.54, 1.807) is 28.0 Å². The standard InChI is InChI=1S/C21H22ClN5O3/c1-4-19(29)26-7-8-27(13(2)28)18(12-26)15-9-14(10-16(22)11-15)17-5-6-24-20(25-17)21(30)23-3/h4-6,9-11,18H,1,7-8,12H2,2-3H3,(H,23,30)/t18-/m0/s1. The zero-order valence-electron chi connectivity index (χ0n) is 16.8. The van der Waals surface area contributed by atoms with Crippen molar-refractivity contribution >= 4 is 29.3 Å². The molecule has 1 N–H and O–H groups in total. The summed E-state index contributed by atoms with van der Waals surface area (Å²) in [6, 6.07) is 6.68. The molecule has 9 heteroatoms. The van der Waals surface area contributed by atoms with Gasteiger partial charge in [-0.3, -0.25) is 14.4 Å². The van der Waals surface area contributed by atoms with Crippen LogP contribution in [0.25, 0.3) is 11.3 Å². The van der Waals surface area contributed by atoms with Crippen molar-refractivity contribution in [2.45, 2.75) is 13.0 Å². The smallest absolute Gasteiger partial charge is 0.288 e. The molecule has 3 rings (SSSR count). The summed E-state index contributed by atoms with van der Waals surface area (Å²) in [5, 5.41) is 2.95. The van der Waals surface area contributed by atoms with Gasteiger partial charge in [0.05, 0.1) is 11.7 Å². The molecule has 1 atom stereocenters. The summed E-state index contributed by atoms with van der Waals surface area (Å²) < 4.78 is 0. The topological polar surface area (TPSA) is 95.5 Å². The molecule has 1 aromatic carbocycles. The minimum absolute atomic E-state index is 0.0438. The van der Waals surface area contributed by atoms with Crippen molar-refractivity contribution in [1.82, 2.24) is 25.1 Å². The third kappa shape index (κ3) is 4.49. The molecule has 1 saturated heterocycles. The van der Waals surface area contributed by atoms with Crippen LogP contribution in [0.5, 0.6) is 0 Å². The second kappa shape index (κ2) is 9.04. The van der Waals surface area contributed by atoms with E-state index in [1.165, 1.54) is 26.2 Å². The number of hydrogen-bond donors (Lipinski definition) is 1. The van der Waals surface area contributed by atoms with Crippen LogP contribution in [0.3, 0.4) is 0 Å². The first-order chi connectivity index (χ1) is 14.3. The number of carbonyl (C=O) groups is 3. The minimum atomic E-state index is -0.396. The molecular weight excluding hydrogens is 406 g/mol. The zero-order valence-corrected chi connectivity index (χ0v) is 17.5. The Morgan fingerprint density at radius 2 is 2.03 bits per heavy atom. The van der Waals surface area contributed by atoms with Crippen LogP contribution in [0.2, 0.25) is 5.02 Å². The fourth-order valence-corrected chi connectivity index (χ4v) is 3.71. The van der Waals surface area contributed by atoms with Gasteiger partial charge in [-0.05, 0) is 35.9 Å². The Labute approximate surface area is 179 Å². The van der Waals surface area contributed by atoms with Gasteiger partial charge in [0.2, 0.25) is 17.6 Å². The molecule has 8 nitrogen and oxygen atoms in total. The number of piperazine rings is 1. The maximum atomic E-state index is 12.2. The minimum Gasteiger partial charge on any atom is -0.352 e. The lowest BCUT2D eigenvalue weighted by Crippen LogP contribution is -2.51. The number of aromatic nitrogens is 2. The number of nitrogens with one attached hydrogen (secondary N) is 1. The first-order valence-electron chi connectivity index (χ1n) is 9.38. The molecule has 2 heterocycles. The maximum Gasteiger partial charge on any atom is 0.288 e. The summed E-state index contributed by atoms with van der Waals surface area (Å²) in [7, 11) is 1.51. The average Bonchev–Trinajstić information content (AvgIpc) is 2.77. The lowest BCUT2D eigenvalue weighted by Gasteiger charge is -2.41. The second-order valence-electron chi connectivity index (χ2n) is 6.83. The molecule has 0 spiro atoms. The summed E-state index contributed by atoms with van der Waals surface area (Å²) in [5.74, 6) is -0.623. The lowest BCUT2D eigenvalue weighted by atomic mass is 9.98. The van der Waals surface area contributed by atoms with Crippen molar-refractivity contribution in [1.29, 1.82) is 0 Å². The molecule has 1 fully saturated rings. The SMILES string of the molecule is C=CC(=O)N1CCN(C(C)=O)[C@H](c2cc(Cl)cc(-c3ccnc(C(=O)NC)n3)c2)C1. The highest BCUT2D eigenvalue weighted by Crippen LogP contribution is 2.31. The summed E-state index contributed by atoms with van der Waals surface area (Å²) in [6.45, 7) is 6.23. The number of nitrogens with zero attached hydrogens (tertiary/aromatic N) is 4. The molecule has 0 radical (unpaired) electrons. The highest BCUT2D eigenvalue weighted by Gasteiger charge is 2.31. The summed E-state index contributed by atoms with van der Waals surface area (Å²) in [4.78, 5) is 47.9. The van der Waals surface area contributed by atoms with Crippen LogP contribution in [0, 0.1) is 0 Å². The highest BCUT2D eigenvalue weighted by atomic mass is 35.5. The Kier molecular flexibility index (Phi) is 6.47. The molecule has 0 unspecified atom stereocenters. The van der Waals surface area contributed by atoms with Crippen molar-refractivity contribution in [2.75, 3.05) is 26.7 Å². The molecule has 1 aromatic heterocycles. The van der Waals surface area contributed by atoms with E-state index in [1.807, 2.05) is 6.07 Å². The van der Waals surface area contributed by atoms with Crippen molar-refractivity contribution in [2.24, 2.45) is 0 Å². The van der Waals surface area contributed by atoms with Crippen molar-refractivity contribution in [3.05, 3.63) is 59.5 Å². The predicted octanol–water partition coefficient (Wildman–Crippen LogP) is 2.07. The van der Waals surface area contributed by atoms with E-state index in [4.69, 9.17) is 11.6 Å². The number of carbonyl (C=O) groups excluding carboxylic acids is 3. The van der Waals surface area contributed by atoms with E-state index in [2.05, 4.69) is 21.9 Å². The molecule has 0 aliphatic carbocycles. The number of benzene rings is 1. The molecular formula is C21H22ClN5O3. The monoisotopic (exact) mass is 427 g/mol. The normalized spacial score (nSPS) is 16.2. The fraction of sp³-hybridized carbons (Fsp3) is 0.286. The number of amides is 3. The summed E-state index contributed by atoms with van der Waals surface area (Å²) in [5.41, 5.74) is 1.98. The van der Waals surface area contributed by atoms with Crippen LogP contribution in [-0.4, -0.2) is 64.2 Å². The fourth-order valence-electron chi connectivity index (χ4n) is 3.47. The molecule has 2 aromatic rings. The first-order valence-corrected chi connectivity index (χ1v) is 9.76. The van der Waals surface area contributed by atoms with E-state index in [0.29, 0.717) is 35.9 Å². The van der Waals surface area contributed by atoms with Gasteiger partial charge in [0.1, 0.15) is 0 Å². The van der Waals surface area contributed by atoms with Crippen LogP contribution in [0.15, 0.2) is 43.1 Å². The van der Waals surface area contributed by atoms with Gasteiger partial charge in [0.25, 0.3) is 5.91 Å². The van der Waals surface area contributed by atoms with Crippen LogP contribution in [-0.2, 0) is 9.59 Å². The third-order valence-electron chi connectivity index (χ3n) is 4.96. The van der Waals surface area contributed by atoms with Gasteiger partial charge in [-0.15, -0.1) is 0 Å². The molecule has 0 bridgehead atoms. The van der Waals surface area contributed by atoms with Gasteiger partial charge in [0, 0.05) is 50.4 Å². The van der Waals surface area contributed by atoms with Crippen LogP contribution >= 0.6 is 11.6 Å². The van der Waals surface area contributed by atoms with Gasteiger partial charge >= 0.3 is 0 Å². The van der Waals surface area contributed by atoms with E-state index in [9.17, 15) is 14.4 Å². The summed E-state index contributed by atoms with van der Waals surface area (Å²) in [6.07, 6.45) is 2.77. The van der Waals surface area contributed by atoms with E-state index in [-0.39, 0.29) is 23.7 Å². The van der Waals surface area contributed by atoms with E-state index in [0.717, 1.165) is 5.56 Å². The van der Waals surface area contributed by atoms with E-state index < -0.39 is 5.91 Å². The number of hydrogen-bond acceptors (Lipinski definition) is 5. The molecule has 3 amide bonds. The second-order valence-corrected chi connectivity index (χ2v) is 7.27. The molecule has 1 aliphatic heterocycles. The van der Waals surface area contributed by atoms with Crippen molar-refractivity contribution < 1.29 is 14.4 Å². The quantitative estimate of drug-likeness (QED) is 0.753. The number of rotatable bonds is 4. The predicted molar refractivity (Wildman–Crippen MR) is 113 cm³/mol. The number of halogens is 1. The van der Waals surface area contributed by atoms with Gasteiger partial charge in [-0.1, -0.05) is 18.2 Å². The van der Waals surface area contributed by atoms with Crippen molar-refractivity contribution in [3.8, 4) is 11.3 Å². The summed E-state index contributed by atoms with van der Waals surface area (Å²) >= 11 is 6.38. The van der Waals surface area contributed by atoms with Crippen LogP contribution < -0.4 is 5.32 Å². The van der Waals surface area contributed by atoms with Gasteiger partial charge in [-0.2, -0.15) is 0 Å². The Morgan fingerprint density at radius 3 is 2.70 bits per heavy atom. The molecule has 30 heavy (non-hydrogen) atoms. The maximum absolute atomic E-state index is 12.2. The molecule has 156 valence electrons. The Bertz CT molecular complexity index is 1010. The molecule has 0 saturated carbocycles. The van der Waals surface area contributed by atoms with Gasteiger partial charge in [0.15, 0.2) is 0 Å². The lowest BCUT2D eigenvalue weighted by molar-refractivity contribution is -0.139. The Balaban J connectivity index is 2.02. The third-order valence-corrected chi connectivity index (χ3v) is 5.18. The zero-order chi connectivity index (χ0) is 21.8. The van der Waals surface area contributed by atoms with Gasteiger partial charge in [-0.25, -0.2) is 9.97 Å². The van der Waals surface area contributed by atoms with Gasteiger partial charge < -0.3 is 15.1 Å². The van der Waals surface area contributed by atoms with Crippen LogP contribution in [0.1, 0.15) is 29.1 Å². The van der Waals surface area contributed by atoms with Crippen molar-refractivity contribution in [3.63, 3.8) is 0 Å². The average molecular weight is 428 g/mol.